The van der Waals surface area contributed by atoms with Crippen molar-refractivity contribution in [1.82, 2.24) is 0 Å². The van der Waals surface area contributed by atoms with E-state index in [-0.39, 0.29) is 36.3 Å². The zero-order chi connectivity index (χ0) is 19.0. The number of hydrogen-bond donors (Lipinski definition) is 1. The van der Waals surface area contributed by atoms with Gasteiger partial charge in [-0.2, -0.15) is 0 Å². The van der Waals surface area contributed by atoms with Gasteiger partial charge in [-0.05, 0) is 24.5 Å². The maximum Gasteiger partial charge on any atom is 0.303 e. The highest BCUT2D eigenvalue weighted by Crippen LogP contribution is 2.38. The molecule has 1 fully saturated rings. The SMILES string of the molecule is CC(=O)OCC1O[C@@H](SCCCCC(=O)O)C(C)[C@@H](C)[C@H]1OC(C)=O. The van der Waals surface area contributed by atoms with Gasteiger partial charge in [0.2, 0.25) is 0 Å². The first-order valence-electron chi connectivity index (χ1n) is 8.51. The number of carbonyl (C=O) groups excluding carboxylic acids is 2. The van der Waals surface area contributed by atoms with Crippen LogP contribution in [0.3, 0.4) is 0 Å². The summed E-state index contributed by atoms with van der Waals surface area (Å²) in [5, 5.41) is 8.66. The minimum atomic E-state index is -0.786. The molecule has 2 unspecified atom stereocenters. The normalized spacial score (nSPS) is 29.0. The minimum absolute atomic E-state index is 0.0421. The summed E-state index contributed by atoms with van der Waals surface area (Å²) in [6, 6.07) is 0. The Morgan fingerprint density at radius 1 is 1.08 bits per heavy atom. The minimum Gasteiger partial charge on any atom is -0.481 e. The molecule has 0 aromatic carbocycles. The van der Waals surface area contributed by atoms with E-state index in [2.05, 4.69) is 0 Å². The standard InChI is InChI=1S/C17H28O7S/c1-10-11(2)17(25-8-6-5-7-15(20)21)24-14(9-22-12(3)18)16(10)23-13(4)19/h10-11,14,16-17H,5-9H2,1-4H3,(H,20,21)/t10-,11?,14?,16-,17+/m1/s1. The summed E-state index contributed by atoms with van der Waals surface area (Å²) < 4.78 is 16.5. The molecule has 1 N–H and O–H groups in total. The van der Waals surface area contributed by atoms with Crippen LogP contribution in [0.1, 0.15) is 47.0 Å². The molecule has 0 radical (unpaired) electrons. The maximum absolute atomic E-state index is 11.4. The molecule has 1 aliphatic heterocycles. The van der Waals surface area contributed by atoms with Crippen molar-refractivity contribution in [3.05, 3.63) is 0 Å². The second-order valence-corrected chi connectivity index (χ2v) is 7.57. The predicted molar refractivity (Wildman–Crippen MR) is 93.1 cm³/mol. The summed E-state index contributed by atoms with van der Waals surface area (Å²) in [5.41, 5.74) is -0.118. The Hall–Kier alpha value is -1.28. The molecule has 1 rings (SSSR count). The van der Waals surface area contributed by atoms with Gasteiger partial charge in [-0.15, -0.1) is 11.8 Å². The number of hydrogen-bond acceptors (Lipinski definition) is 7. The number of ether oxygens (including phenoxy) is 3. The zero-order valence-corrected chi connectivity index (χ0v) is 16.0. The lowest BCUT2D eigenvalue weighted by Gasteiger charge is -2.43. The van der Waals surface area contributed by atoms with Gasteiger partial charge in [-0.25, -0.2) is 0 Å². The van der Waals surface area contributed by atoms with E-state index < -0.39 is 24.1 Å². The van der Waals surface area contributed by atoms with E-state index in [0.717, 1.165) is 12.2 Å². The van der Waals surface area contributed by atoms with Crippen LogP contribution in [0, 0.1) is 11.8 Å². The van der Waals surface area contributed by atoms with E-state index in [9.17, 15) is 14.4 Å². The summed E-state index contributed by atoms with van der Waals surface area (Å²) in [5.74, 6) is -0.605. The Morgan fingerprint density at radius 2 is 1.76 bits per heavy atom. The van der Waals surface area contributed by atoms with E-state index in [4.69, 9.17) is 19.3 Å². The number of aliphatic carboxylic acids is 1. The molecule has 0 aliphatic carbocycles. The highest BCUT2D eigenvalue weighted by Gasteiger charge is 2.43. The molecule has 25 heavy (non-hydrogen) atoms. The monoisotopic (exact) mass is 376 g/mol. The molecule has 0 spiro atoms. The van der Waals surface area contributed by atoms with Gasteiger partial charge in [0, 0.05) is 26.2 Å². The second-order valence-electron chi connectivity index (χ2n) is 6.36. The Labute approximate surface area is 152 Å². The molecule has 0 saturated carbocycles. The largest absolute Gasteiger partial charge is 0.481 e. The van der Waals surface area contributed by atoms with Crippen LogP contribution in [0.4, 0.5) is 0 Å². The van der Waals surface area contributed by atoms with Gasteiger partial charge in [-0.3, -0.25) is 14.4 Å². The molecule has 0 aromatic heterocycles. The first-order valence-corrected chi connectivity index (χ1v) is 9.56. The van der Waals surface area contributed by atoms with Crippen LogP contribution in [0.2, 0.25) is 0 Å². The van der Waals surface area contributed by atoms with Gasteiger partial charge >= 0.3 is 17.9 Å². The molecule has 8 heteroatoms. The number of unbranched alkanes of at least 4 members (excludes halogenated alkanes) is 1. The molecule has 0 bridgehead atoms. The Kier molecular flexibility index (Phi) is 9.27. The van der Waals surface area contributed by atoms with Crippen LogP contribution >= 0.6 is 11.8 Å². The van der Waals surface area contributed by atoms with Crippen molar-refractivity contribution in [2.24, 2.45) is 11.8 Å². The van der Waals surface area contributed by atoms with Crippen LogP contribution in [0.15, 0.2) is 0 Å². The maximum atomic E-state index is 11.4. The molecule has 1 heterocycles. The number of carboxylic acid groups (broad SMARTS) is 1. The van der Waals surface area contributed by atoms with Crippen LogP contribution in [-0.2, 0) is 28.6 Å². The van der Waals surface area contributed by atoms with E-state index >= 15 is 0 Å². The van der Waals surface area contributed by atoms with Crippen LogP contribution in [0.25, 0.3) is 0 Å². The van der Waals surface area contributed by atoms with Crippen molar-refractivity contribution < 1.29 is 33.7 Å². The highest BCUT2D eigenvalue weighted by molar-refractivity contribution is 7.99. The zero-order valence-electron chi connectivity index (χ0n) is 15.2. The fourth-order valence-corrected chi connectivity index (χ4v) is 4.11. The molecule has 144 valence electrons. The molecule has 0 amide bonds. The third kappa shape index (κ3) is 7.64. The van der Waals surface area contributed by atoms with Gasteiger partial charge in [0.15, 0.2) is 0 Å². The quantitative estimate of drug-likeness (QED) is 0.484. The highest BCUT2D eigenvalue weighted by atomic mass is 32.2. The lowest BCUT2D eigenvalue weighted by Crippen LogP contribution is -2.52. The Bertz CT molecular complexity index is 468. The molecule has 5 atom stereocenters. The molecule has 0 aromatic rings. The van der Waals surface area contributed by atoms with Gasteiger partial charge < -0.3 is 19.3 Å². The third-order valence-corrected chi connectivity index (χ3v) is 5.67. The van der Waals surface area contributed by atoms with Gasteiger partial charge in [0.05, 0.1) is 0 Å². The average Bonchev–Trinajstić information content (AvgIpc) is 2.51. The molecule has 7 nitrogen and oxygen atoms in total. The second kappa shape index (κ2) is 10.7. The third-order valence-electron chi connectivity index (χ3n) is 4.27. The van der Waals surface area contributed by atoms with Gasteiger partial charge in [0.1, 0.15) is 24.3 Å². The number of carboxylic acids is 1. The Morgan fingerprint density at radius 3 is 2.32 bits per heavy atom. The molecule has 1 aliphatic rings. The van der Waals surface area contributed by atoms with Crippen LogP contribution < -0.4 is 0 Å². The van der Waals surface area contributed by atoms with Crippen molar-refractivity contribution >= 4 is 29.7 Å². The van der Waals surface area contributed by atoms with Crippen LogP contribution in [-0.4, -0.2) is 53.0 Å². The first kappa shape index (κ1) is 21.8. The predicted octanol–water partition coefficient (Wildman–Crippen LogP) is 2.47. The average molecular weight is 376 g/mol. The van der Waals surface area contributed by atoms with Crippen LogP contribution in [0.5, 0.6) is 0 Å². The van der Waals surface area contributed by atoms with E-state index in [1.807, 2.05) is 13.8 Å². The summed E-state index contributed by atoms with van der Waals surface area (Å²) >= 11 is 1.62. The number of rotatable bonds is 9. The number of carbonyl (C=O) groups is 3. The fourth-order valence-electron chi connectivity index (χ4n) is 2.74. The Balaban J connectivity index is 2.63. The molecular weight excluding hydrogens is 348 g/mol. The van der Waals surface area contributed by atoms with Crippen molar-refractivity contribution in [2.45, 2.75) is 64.6 Å². The fraction of sp³-hybridized carbons (Fsp3) is 0.824. The summed E-state index contributed by atoms with van der Waals surface area (Å²) in [6.07, 6.45) is 0.624. The lowest BCUT2D eigenvalue weighted by molar-refractivity contribution is -0.191. The smallest absolute Gasteiger partial charge is 0.303 e. The lowest BCUT2D eigenvalue weighted by atomic mass is 9.85. The van der Waals surface area contributed by atoms with Crippen molar-refractivity contribution in [2.75, 3.05) is 12.4 Å². The van der Waals surface area contributed by atoms with Gasteiger partial charge in [-0.1, -0.05) is 13.8 Å². The summed E-state index contributed by atoms with van der Waals surface area (Å²) in [4.78, 5) is 33.0. The molecule has 1 saturated heterocycles. The van der Waals surface area contributed by atoms with Gasteiger partial charge in [0.25, 0.3) is 0 Å². The van der Waals surface area contributed by atoms with E-state index in [1.54, 1.807) is 11.8 Å². The van der Waals surface area contributed by atoms with Crippen molar-refractivity contribution in [3.63, 3.8) is 0 Å². The van der Waals surface area contributed by atoms with Crippen molar-refractivity contribution in [1.29, 1.82) is 0 Å². The summed E-state index contributed by atoms with van der Waals surface area (Å²) in [6.45, 7) is 6.76. The van der Waals surface area contributed by atoms with E-state index in [0.29, 0.717) is 6.42 Å². The first-order chi connectivity index (χ1) is 11.7. The topological polar surface area (TPSA) is 99.1 Å². The van der Waals surface area contributed by atoms with Crippen molar-refractivity contribution in [3.8, 4) is 0 Å². The summed E-state index contributed by atoms with van der Waals surface area (Å²) in [7, 11) is 0. The number of thioether (sulfide) groups is 1. The van der Waals surface area contributed by atoms with E-state index in [1.165, 1.54) is 13.8 Å². The number of esters is 2. The molecular formula is C17H28O7S.